The Bertz CT molecular complexity index is 1440. The number of hydrogen-bond acceptors (Lipinski definition) is 11. The van der Waals surface area contributed by atoms with Crippen LogP contribution in [0.5, 0.6) is 40.2 Å². The topological polar surface area (TPSA) is 107 Å². The van der Waals surface area contributed by atoms with Crippen molar-refractivity contribution in [3.63, 3.8) is 0 Å². The van der Waals surface area contributed by atoms with Crippen LogP contribution in [0.3, 0.4) is 0 Å². The number of rotatable bonds is 15. The molecular formula is C30H33ClN2O8S. The number of pyridine rings is 1. The Morgan fingerprint density at radius 1 is 0.833 bits per heavy atom. The van der Waals surface area contributed by atoms with Crippen LogP contribution in [0.4, 0.5) is 5.82 Å². The highest BCUT2D eigenvalue weighted by atomic mass is 35.5. The average Bonchev–Trinajstić information content (AvgIpc) is 3.02. The molecule has 0 spiro atoms. The fourth-order valence-electron chi connectivity index (χ4n) is 3.87. The molecule has 1 aromatic heterocycles. The van der Waals surface area contributed by atoms with E-state index < -0.39 is 0 Å². The lowest BCUT2D eigenvalue weighted by molar-refractivity contribution is 0.104. The van der Waals surface area contributed by atoms with Crippen LogP contribution >= 0.6 is 23.4 Å². The Morgan fingerprint density at radius 2 is 1.48 bits per heavy atom. The number of hydrogen-bond donors (Lipinski definition) is 1. The van der Waals surface area contributed by atoms with Gasteiger partial charge >= 0.3 is 0 Å². The van der Waals surface area contributed by atoms with E-state index in [1.807, 2.05) is 17.6 Å². The zero-order chi connectivity index (χ0) is 30.6. The first-order chi connectivity index (χ1) is 20.3. The first-order valence-electron chi connectivity index (χ1n) is 12.4. The number of halogens is 1. The number of nitrogens with one attached hydrogen (secondary N) is 1. The quantitative estimate of drug-likeness (QED) is 0.149. The van der Waals surface area contributed by atoms with Gasteiger partial charge in [-0.2, -0.15) is 0 Å². The van der Waals surface area contributed by atoms with Crippen LogP contribution in [0.15, 0.2) is 48.0 Å². The Labute approximate surface area is 254 Å². The van der Waals surface area contributed by atoms with Crippen molar-refractivity contribution < 1.29 is 38.0 Å². The van der Waals surface area contributed by atoms with E-state index in [0.717, 1.165) is 11.3 Å². The van der Waals surface area contributed by atoms with E-state index in [2.05, 4.69) is 10.3 Å². The minimum absolute atomic E-state index is 0.109. The highest BCUT2D eigenvalue weighted by Crippen LogP contribution is 2.44. The highest BCUT2D eigenvalue weighted by Gasteiger charge is 2.22. The minimum atomic E-state index is -0.382. The second kappa shape index (κ2) is 15.7. The second-order valence-electron chi connectivity index (χ2n) is 8.26. The van der Waals surface area contributed by atoms with Crippen LogP contribution in [-0.4, -0.2) is 60.5 Å². The molecule has 224 valence electrons. The van der Waals surface area contributed by atoms with Crippen molar-refractivity contribution in [2.24, 2.45) is 0 Å². The van der Waals surface area contributed by atoms with Crippen molar-refractivity contribution in [2.75, 3.05) is 55.1 Å². The van der Waals surface area contributed by atoms with Gasteiger partial charge in [-0.1, -0.05) is 11.6 Å². The molecular weight excluding hydrogens is 584 g/mol. The van der Waals surface area contributed by atoms with Crippen molar-refractivity contribution >= 4 is 41.0 Å². The SMILES string of the molecule is COc1cc(OC)c(/C=C/SCc2ccc(OC)c(N/C=C/C(=O)c3cc(OC)c(OC)c(OC)c3Cl)n2)c(OC)c1. The van der Waals surface area contributed by atoms with E-state index in [0.29, 0.717) is 46.1 Å². The molecule has 0 amide bonds. The van der Waals surface area contributed by atoms with Crippen molar-refractivity contribution in [3.8, 4) is 40.2 Å². The molecule has 0 fully saturated rings. The molecule has 0 bridgehead atoms. The smallest absolute Gasteiger partial charge is 0.204 e. The third-order valence-corrected chi connectivity index (χ3v) is 7.11. The maximum Gasteiger partial charge on any atom is 0.204 e. The zero-order valence-corrected chi connectivity index (χ0v) is 26.0. The van der Waals surface area contributed by atoms with Gasteiger partial charge in [0, 0.05) is 35.7 Å². The summed E-state index contributed by atoms with van der Waals surface area (Å²) in [5.41, 5.74) is 1.76. The van der Waals surface area contributed by atoms with Crippen LogP contribution < -0.4 is 38.5 Å². The normalized spacial score (nSPS) is 11.0. The standard InChI is InChI=1S/C30H33ClN2O8S/c1-35-19-14-24(37-3)20(25(15-19)38-4)11-13-42-17-18-8-9-23(36-2)30(33-18)32-12-10-22(34)21-16-26(39-5)28(40-6)29(41-7)27(21)31/h8-16H,17H2,1-7H3,(H,32,33)/b12-10+,13-11+. The number of carbonyl (C=O) groups is 1. The Hall–Kier alpha value is -4.22. The van der Waals surface area contributed by atoms with Gasteiger partial charge in [-0.3, -0.25) is 4.79 Å². The van der Waals surface area contributed by atoms with E-state index in [1.54, 1.807) is 46.6 Å². The van der Waals surface area contributed by atoms with Gasteiger partial charge in [0.1, 0.15) is 17.2 Å². The molecule has 0 atom stereocenters. The molecule has 42 heavy (non-hydrogen) atoms. The van der Waals surface area contributed by atoms with E-state index in [4.69, 9.17) is 44.8 Å². The number of ether oxygens (including phenoxy) is 7. The highest BCUT2D eigenvalue weighted by molar-refractivity contribution is 8.01. The lowest BCUT2D eigenvalue weighted by atomic mass is 10.1. The number of thioether (sulfide) groups is 1. The molecule has 12 heteroatoms. The van der Waals surface area contributed by atoms with Gasteiger partial charge in [-0.05, 0) is 29.7 Å². The van der Waals surface area contributed by atoms with Gasteiger partial charge in [0.05, 0.1) is 66.0 Å². The molecule has 0 aliphatic carbocycles. The predicted octanol–water partition coefficient (Wildman–Crippen LogP) is 6.51. The molecule has 2 aromatic carbocycles. The third kappa shape index (κ3) is 7.54. The van der Waals surface area contributed by atoms with Crippen LogP contribution in [0.1, 0.15) is 21.6 Å². The third-order valence-electron chi connectivity index (χ3n) is 5.94. The summed E-state index contributed by atoms with van der Waals surface area (Å²) in [4.78, 5) is 17.6. The van der Waals surface area contributed by atoms with Gasteiger partial charge in [-0.15, -0.1) is 11.8 Å². The fourth-order valence-corrected chi connectivity index (χ4v) is 4.84. The maximum atomic E-state index is 13.0. The van der Waals surface area contributed by atoms with Crippen LogP contribution in [0, 0.1) is 0 Å². The molecule has 0 aliphatic rings. The fraction of sp³-hybridized carbons (Fsp3) is 0.267. The number of carbonyl (C=O) groups excluding carboxylic acids is 1. The molecule has 1 heterocycles. The minimum Gasteiger partial charge on any atom is -0.496 e. The number of aromatic nitrogens is 1. The summed E-state index contributed by atoms with van der Waals surface area (Å²) in [6, 6.07) is 8.76. The summed E-state index contributed by atoms with van der Waals surface area (Å²) >= 11 is 7.97. The van der Waals surface area contributed by atoms with Gasteiger partial charge in [0.2, 0.25) is 5.75 Å². The second-order valence-corrected chi connectivity index (χ2v) is 9.53. The number of anilines is 1. The lowest BCUT2D eigenvalue weighted by Crippen LogP contribution is -2.04. The van der Waals surface area contributed by atoms with Crippen LogP contribution in [0.25, 0.3) is 6.08 Å². The van der Waals surface area contributed by atoms with Crippen LogP contribution in [0.2, 0.25) is 5.02 Å². The first-order valence-corrected chi connectivity index (χ1v) is 13.9. The van der Waals surface area contributed by atoms with Gasteiger partial charge in [0.25, 0.3) is 0 Å². The summed E-state index contributed by atoms with van der Waals surface area (Å²) in [6.45, 7) is 0. The molecule has 0 radical (unpaired) electrons. The van der Waals surface area contributed by atoms with E-state index >= 15 is 0 Å². The van der Waals surface area contributed by atoms with Crippen molar-refractivity contribution in [2.45, 2.75) is 5.75 Å². The molecule has 0 aliphatic heterocycles. The van der Waals surface area contributed by atoms with E-state index in [-0.39, 0.29) is 22.1 Å². The average molecular weight is 617 g/mol. The molecule has 3 aromatic rings. The molecule has 0 saturated carbocycles. The summed E-state index contributed by atoms with van der Waals surface area (Å²) in [6.07, 6.45) is 4.70. The number of allylic oxidation sites excluding steroid dienone is 1. The van der Waals surface area contributed by atoms with Crippen molar-refractivity contribution in [1.29, 1.82) is 0 Å². The summed E-state index contributed by atoms with van der Waals surface area (Å²) in [5.74, 6) is 3.85. The van der Waals surface area contributed by atoms with Crippen LogP contribution in [-0.2, 0) is 5.75 Å². The lowest BCUT2D eigenvalue weighted by Gasteiger charge is -2.15. The van der Waals surface area contributed by atoms with E-state index in [1.165, 1.54) is 51.4 Å². The van der Waals surface area contributed by atoms with Crippen molar-refractivity contribution in [1.82, 2.24) is 4.98 Å². The zero-order valence-electron chi connectivity index (χ0n) is 24.4. The van der Waals surface area contributed by atoms with Gasteiger partial charge in [-0.25, -0.2) is 4.98 Å². The molecule has 1 N–H and O–H groups in total. The largest absolute Gasteiger partial charge is 0.496 e. The molecule has 0 unspecified atom stereocenters. The van der Waals surface area contributed by atoms with Gasteiger partial charge in [0.15, 0.2) is 28.8 Å². The Balaban J connectivity index is 1.74. The molecule has 10 nitrogen and oxygen atoms in total. The number of ketones is 1. The predicted molar refractivity (Wildman–Crippen MR) is 165 cm³/mol. The maximum absolute atomic E-state index is 13.0. The summed E-state index contributed by atoms with van der Waals surface area (Å²) in [5, 5.41) is 5.07. The van der Waals surface area contributed by atoms with Crippen molar-refractivity contribution in [3.05, 3.63) is 69.9 Å². The molecule has 3 rings (SSSR count). The number of methoxy groups -OCH3 is 7. The number of nitrogens with zero attached hydrogens (tertiary/aromatic N) is 1. The van der Waals surface area contributed by atoms with E-state index in [9.17, 15) is 4.79 Å². The first kappa shape index (κ1) is 32.3. The summed E-state index contributed by atoms with van der Waals surface area (Å²) in [7, 11) is 10.7. The summed E-state index contributed by atoms with van der Waals surface area (Å²) < 4.78 is 37.7. The van der Waals surface area contributed by atoms with Gasteiger partial charge < -0.3 is 38.5 Å². The molecule has 0 saturated heterocycles. The Kier molecular flexibility index (Phi) is 12.1. The monoisotopic (exact) mass is 616 g/mol. The Morgan fingerprint density at radius 3 is 2.05 bits per heavy atom. The number of benzene rings is 2.